The lowest BCUT2D eigenvalue weighted by atomic mass is 10.1. The van der Waals surface area contributed by atoms with E-state index in [9.17, 15) is 14.4 Å². The molecule has 0 bridgehead atoms. The predicted octanol–water partition coefficient (Wildman–Crippen LogP) is -0.175. The Labute approximate surface area is 105 Å². The molecule has 2 aliphatic heterocycles. The number of amides is 2. The van der Waals surface area contributed by atoms with E-state index in [4.69, 9.17) is 5.11 Å². The fourth-order valence-electron chi connectivity index (χ4n) is 3.04. The Kier molecular flexibility index (Phi) is 2.62. The summed E-state index contributed by atoms with van der Waals surface area (Å²) in [5.41, 5.74) is 0. The third-order valence-corrected chi connectivity index (χ3v) is 4.05. The zero-order valence-corrected chi connectivity index (χ0v) is 10.0. The van der Waals surface area contributed by atoms with Gasteiger partial charge in [-0.15, -0.1) is 0 Å². The van der Waals surface area contributed by atoms with Crippen LogP contribution in [0.15, 0.2) is 0 Å². The molecule has 2 saturated heterocycles. The van der Waals surface area contributed by atoms with Crippen molar-refractivity contribution in [1.29, 1.82) is 0 Å². The van der Waals surface area contributed by atoms with E-state index in [2.05, 4.69) is 0 Å². The van der Waals surface area contributed by atoms with E-state index in [1.165, 1.54) is 4.90 Å². The van der Waals surface area contributed by atoms with Crippen molar-refractivity contribution in [2.24, 2.45) is 0 Å². The monoisotopic (exact) mass is 252 g/mol. The van der Waals surface area contributed by atoms with E-state index in [0.29, 0.717) is 13.0 Å². The molecule has 18 heavy (non-hydrogen) atoms. The molecule has 0 aromatic rings. The average Bonchev–Trinajstić information content (AvgIpc) is 2.92. The molecule has 3 rings (SSSR count). The van der Waals surface area contributed by atoms with Gasteiger partial charge >= 0.3 is 5.97 Å². The lowest BCUT2D eigenvalue weighted by molar-refractivity contribution is -0.144. The van der Waals surface area contributed by atoms with Crippen LogP contribution in [0.2, 0.25) is 0 Å². The number of rotatable bonds is 3. The summed E-state index contributed by atoms with van der Waals surface area (Å²) in [6.07, 6.45) is 3.29. The summed E-state index contributed by atoms with van der Waals surface area (Å²) >= 11 is 0. The van der Waals surface area contributed by atoms with Gasteiger partial charge in [-0.2, -0.15) is 0 Å². The van der Waals surface area contributed by atoms with Crippen LogP contribution in [0.25, 0.3) is 0 Å². The van der Waals surface area contributed by atoms with Gasteiger partial charge < -0.3 is 5.11 Å². The molecule has 2 amide bonds. The summed E-state index contributed by atoms with van der Waals surface area (Å²) in [6, 6.07) is -1.06. The molecule has 0 radical (unpaired) electrons. The zero-order valence-electron chi connectivity index (χ0n) is 10.0. The Hall–Kier alpha value is -1.43. The van der Waals surface area contributed by atoms with Crippen LogP contribution < -0.4 is 0 Å². The van der Waals surface area contributed by atoms with Crippen LogP contribution >= 0.6 is 0 Å². The topological polar surface area (TPSA) is 77.9 Å². The van der Waals surface area contributed by atoms with Crippen molar-refractivity contribution in [1.82, 2.24) is 9.80 Å². The van der Waals surface area contributed by atoms with Crippen LogP contribution in [-0.4, -0.2) is 57.4 Å². The van der Waals surface area contributed by atoms with Gasteiger partial charge in [0, 0.05) is 6.04 Å². The first-order chi connectivity index (χ1) is 8.59. The van der Waals surface area contributed by atoms with Gasteiger partial charge in [0.15, 0.2) is 0 Å². The summed E-state index contributed by atoms with van der Waals surface area (Å²) in [7, 11) is 0. The minimum atomic E-state index is -0.891. The van der Waals surface area contributed by atoms with Gasteiger partial charge in [0.25, 0.3) is 0 Å². The van der Waals surface area contributed by atoms with Crippen LogP contribution in [0.3, 0.4) is 0 Å². The molecule has 3 aliphatic rings. The average molecular weight is 252 g/mol. The third kappa shape index (κ3) is 1.71. The zero-order chi connectivity index (χ0) is 12.9. The van der Waals surface area contributed by atoms with Crippen LogP contribution in [0.1, 0.15) is 32.1 Å². The van der Waals surface area contributed by atoms with Gasteiger partial charge in [-0.1, -0.05) is 0 Å². The molecule has 2 heterocycles. The Morgan fingerprint density at radius 3 is 2.56 bits per heavy atom. The van der Waals surface area contributed by atoms with Crippen LogP contribution in [-0.2, 0) is 14.4 Å². The molecule has 1 N–H and O–H groups in total. The van der Waals surface area contributed by atoms with Crippen molar-refractivity contribution in [3.8, 4) is 0 Å². The van der Waals surface area contributed by atoms with Crippen molar-refractivity contribution < 1.29 is 19.5 Å². The largest absolute Gasteiger partial charge is 0.480 e. The fourth-order valence-corrected chi connectivity index (χ4v) is 3.04. The number of likely N-dealkylation sites (tertiary alicyclic amines) is 2. The third-order valence-electron chi connectivity index (χ3n) is 4.05. The number of imide groups is 1. The number of aliphatic carboxylic acids is 1. The van der Waals surface area contributed by atoms with Crippen molar-refractivity contribution >= 4 is 17.8 Å². The molecule has 98 valence electrons. The minimum Gasteiger partial charge on any atom is -0.480 e. The highest BCUT2D eigenvalue weighted by molar-refractivity contribution is 6.06. The molecule has 0 aromatic carbocycles. The van der Waals surface area contributed by atoms with Crippen molar-refractivity contribution in [3.05, 3.63) is 0 Å². The maximum atomic E-state index is 12.2. The van der Waals surface area contributed by atoms with Gasteiger partial charge in [0.05, 0.1) is 12.5 Å². The van der Waals surface area contributed by atoms with Crippen LogP contribution in [0.5, 0.6) is 0 Å². The summed E-state index contributed by atoms with van der Waals surface area (Å²) in [5.74, 6) is -1.21. The second kappa shape index (κ2) is 4.05. The molecule has 1 aliphatic carbocycles. The molecule has 1 saturated carbocycles. The van der Waals surface area contributed by atoms with Gasteiger partial charge in [-0.3, -0.25) is 24.2 Å². The van der Waals surface area contributed by atoms with Crippen molar-refractivity contribution in [3.63, 3.8) is 0 Å². The van der Waals surface area contributed by atoms with E-state index < -0.39 is 18.1 Å². The molecule has 2 unspecified atom stereocenters. The summed E-state index contributed by atoms with van der Waals surface area (Å²) in [4.78, 5) is 38.3. The number of carboxylic acid groups (broad SMARTS) is 1. The smallest absolute Gasteiger partial charge is 0.320 e. The highest BCUT2D eigenvalue weighted by Crippen LogP contribution is 2.34. The molecular weight excluding hydrogens is 236 g/mol. The quantitative estimate of drug-likeness (QED) is 0.705. The number of carboxylic acids is 1. The Morgan fingerprint density at radius 1 is 1.22 bits per heavy atom. The Morgan fingerprint density at radius 2 is 1.94 bits per heavy atom. The molecule has 2 atom stereocenters. The van der Waals surface area contributed by atoms with Crippen LogP contribution in [0.4, 0.5) is 0 Å². The van der Waals surface area contributed by atoms with Gasteiger partial charge in [-0.05, 0) is 32.2 Å². The first-order valence-electron chi connectivity index (χ1n) is 6.44. The lowest BCUT2D eigenvalue weighted by Crippen LogP contribution is -2.47. The normalized spacial score (nSPS) is 33.4. The maximum Gasteiger partial charge on any atom is 0.320 e. The number of carbonyl (C=O) groups excluding carboxylic acids is 2. The van der Waals surface area contributed by atoms with Crippen molar-refractivity contribution in [2.75, 3.05) is 6.54 Å². The highest BCUT2D eigenvalue weighted by atomic mass is 16.4. The summed E-state index contributed by atoms with van der Waals surface area (Å²) < 4.78 is 0. The molecule has 6 nitrogen and oxygen atoms in total. The van der Waals surface area contributed by atoms with E-state index >= 15 is 0 Å². The van der Waals surface area contributed by atoms with Gasteiger partial charge in [0.2, 0.25) is 11.8 Å². The first kappa shape index (κ1) is 11.6. The minimum absolute atomic E-state index is 0.0841. The molecule has 0 spiro atoms. The van der Waals surface area contributed by atoms with Gasteiger partial charge in [-0.25, -0.2) is 0 Å². The number of hydrogen-bond acceptors (Lipinski definition) is 4. The van der Waals surface area contributed by atoms with E-state index in [-0.39, 0.29) is 24.3 Å². The molecule has 3 fully saturated rings. The van der Waals surface area contributed by atoms with E-state index in [1.54, 1.807) is 4.90 Å². The molecule has 0 aromatic heterocycles. The standard InChI is InChI=1S/C12H16N2O4/c15-10-6-9(11(16)14(10)7-3-4-7)13-5-1-2-8(13)12(17)18/h7-9H,1-6H2,(H,17,18). The molecular formula is C12H16N2O4. The Balaban J connectivity index is 1.78. The highest BCUT2D eigenvalue weighted by Gasteiger charge is 2.50. The number of nitrogens with zero attached hydrogens (tertiary/aromatic N) is 2. The summed E-state index contributed by atoms with van der Waals surface area (Å²) in [5, 5.41) is 9.13. The molecule has 6 heteroatoms. The number of hydrogen-bond donors (Lipinski definition) is 1. The first-order valence-corrected chi connectivity index (χ1v) is 6.44. The van der Waals surface area contributed by atoms with Crippen molar-refractivity contribution in [2.45, 2.75) is 50.2 Å². The van der Waals surface area contributed by atoms with Crippen LogP contribution in [0, 0.1) is 0 Å². The van der Waals surface area contributed by atoms with E-state index in [1.807, 2.05) is 0 Å². The SMILES string of the molecule is O=C(O)C1CCCN1C1CC(=O)N(C2CC2)C1=O. The maximum absolute atomic E-state index is 12.2. The lowest BCUT2D eigenvalue weighted by Gasteiger charge is -2.26. The fraction of sp³-hybridized carbons (Fsp3) is 0.750. The van der Waals surface area contributed by atoms with E-state index in [0.717, 1.165) is 19.3 Å². The second-order valence-corrected chi connectivity index (χ2v) is 5.29. The predicted molar refractivity (Wildman–Crippen MR) is 60.6 cm³/mol. The number of carbonyl (C=O) groups is 3. The summed E-state index contributed by atoms with van der Waals surface area (Å²) in [6.45, 7) is 0.596. The Bertz CT molecular complexity index is 418. The van der Waals surface area contributed by atoms with Gasteiger partial charge in [0.1, 0.15) is 6.04 Å². The second-order valence-electron chi connectivity index (χ2n) is 5.29.